The second kappa shape index (κ2) is 11.4. The van der Waals surface area contributed by atoms with E-state index in [2.05, 4.69) is 27.3 Å². The number of rotatable bonds is 5. The van der Waals surface area contributed by atoms with Crippen LogP contribution in [0.25, 0.3) is 0 Å². The predicted octanol–water partition coefficient (Wildman–Crippen LogP) is 2.01. The maximum atomic E-state index is 12.7. The highest BCUT2D eigenvalue weighted by Gasteiger charge is 2.25. The van der Waals surface area contributed by atoms with Gasteiger partial charge in [-0.25, -0.2) is 0 Å². The summed E-state index contributed by atoms with van der Waals surface area (Å²) in [6.07, 6.45) is 4.77. The Morgan fingerprint density at radius 3 is 2.63 bits per heavy atom. The standard InChI is InChI=1S/C23H30N4O3/c1-30-18-23(29)26-13-5-14-27(17-19-8-10-24-11-9-19)21(16-22(28)25-12-15-26)20-6-3-2-4-7-20/h2-4,6-11,21H,5,12-18H2,1H3,(H,25,28). The molecule has 0 spiro atoms. The van der Waals surface area contributed by atoms with Gasteiger partial charge < -0.3 is 15.0 Å². The molecule has 1 aromatic heterocycles. The van der Waals surface area contributed by atoms with Crippen LogP contribution in [0.1, 0.15) is 30.0 Å². The normalized spacial score (nSPS) is 19.0. The second-order valence-electron chi connectivity index (χ2n) is 7.47. The van der Waals surface area contributed by atoms with Crippen molar-refractivity contribution in [3.63, 3.8) is 0 Å². The first-order valence-electron chi connectivity index (χ1n) is 10.4. The molecule has 0 radical (unpaired) electrons. The van der Waals surface area contributed by atoms with Crippen molar-refractivity contribution >= 4 is 11.8 Å². The minimum atomic E-state index is -0.0497. The fraction of sp³-hybridized carbons (Fsp3) is 0.435. The first-order valence-corrected chi connectivity index (χ1v) is 10.4. The molecule has 1 N–H and O–H groups in total. The fourth-order valence-corrected chi connectivity index (χ4v) is 3.82. The number of pyridine rings is 1. The van der Waals surface area contributed by atoms with E-state index in [9.17, 15) is 9.59 Å². The van der Waals surface area contributed by atoms with Crippen LogP contribution >= 0.6 is 0 Å². The lowest BCUT2D eigenvalue weighted by Crippen LogP contribution is -2.40. The highest BCUT2D eigenvalue weighted by atomic mass is 16.5. The summed E-state index contributed by atoms with van der Waals surface area (Å²) in [6, 6.07) is 14.1. The van der Waals surface area contributed by atoms with Gasteiger partial charge in [0.05, 0.1) is 0 Å². The lowest BCUT2D eigenvalue weighted by atomic mass is 10.00. The number of nitrogens with one attached hydrogen (secondary N) is 1. The molecule has 0 aliphatic carbocycles. The number of benzene rings is 1. The zero-order valence-corrected chi connectivity index (χ0v) is 17.5. The van der Waals surface area contributed by atoms with Crippen LogP contribution in [-0.4, -0.2) is 66.5 Å². The molecule has 1 saturated heterocycles. The molecule has 2 aromatic rings. The monoisotopic (exact) mass is 410 g/mol. The Morgan fingerprint density at radius 2 is 1.90 bits per heavy atom. The Bertz CT molecular complexity index is 801. The number of ether oxygens (including phenoxy) is 1. The third-order valence-corrected chi connectivity index (χ3v) is 5.34. The highest BCUT2D eigenvalue weighted by molar-refractivity contribution is 5.78. The van der Waals surface area contributed by atoms with Crippen molar-refractivity contribution in [3.05, 3.63) is 66.0 Å². The maximum Gasteiger partial charge on any atom is 0.248 e. The van der Waals surface area contributed by atoms with Crippen LogP contribution in [0.2, 0.25) is 0 Å². The summed E-state index contributed by atoms with van der Waals surface area (Å²) in [5, 5.41) is 2.98. The SMILES string of the molecule is COCC(=O)N1CCCN(Cc2ccncc2)C(c2ccccc2)CC(=O)NCC1. The van der Waals surface area contributed by atoms with Crippen molar-refractivity contribution in [1.29, 1.82) is 0 Å². The van der Waals surface area contributed by atoms with Crippen molar-refractivity contribution in [3.8, 4) is 0 Å². The van der Waals surface area contributed by atoms with Gasteiger partial charge in [-0.1, -0.05) is 30.3 Å². The van der Waals surface area contributed by atoms with E-state index in [1.807, 2.05) is 30.3 Å². The van der Waals surface area contributed by atoms with E-state index in [4.69, 9.17) is 4.74 Å². The Hall–Kier alpha value is -2.77. The number of hydrogen-bond acceptors (Lipinski definition) is 5. The molecule has 30 heavy (non-hydrogen) atoms. The van der Waals surface area contributed by atoms with Crippen LogP contribution in [-0.2, 0) is 20.9 Å². The first kappa shape index (κ1) is 21.9. The van der Waals surface area contributed by atoms with Gasteiger partial charge in [-0.15, -0.1) is 0 Å². The molecule has 1 aromatic carbocycles. The summed E-state index contributed by atoms with van der Waals surface area (Å²) in [4.78, 5) is 33.3. The Balaban J connectivity index is 1.84. The summed E-state index contributed by atoms with van der Waals surface area (Å²) >= 11 is 0. The van der Waals surface area contributed by atoms with Gasteiger partial charge in [0, 0.05) is 64.7 Å². The van der Waals surface area contributed by atoms with Crippen molar-refractivity contribution in [2.75, 3.05) is 39.9 Å². The molecule has 2 amide bonds. The van der Waals surface area contributed by atoms with Gasteiger partial charge in [0.1, 0.15) is 6.61 Å². The van der Waals surface area contributed by atoms with Gasteiger partial charge in [0.2, 0.25) is 11.8 Å². The average Bonchev–Trinajstić information content (AvgIpc) is 2.80. The molecule has 7 heteroatoms. The largest absolute Gasteiger partial charge is 0.375 e. The zero-order chi connectivity index (χ0) is 21.2. The van der Waals surface area contributed by atoms with Crippen molar-refractivity contribution in [2.45, 2.75) is 25.4 Å². The number of methoxy groups -OCH3 is 1. The van der Waals surface area contributed by atoms with Gasteiger partial charge in [0.25, 0.3) is 0 Å². The van der Waals surface area contributed by atoms with Crippen molar-refractivity contribution in [2.24, 2.45) is 0 Å². The van der Waals surface area contributed by atoms with Gasteiger partial charge in [-0.3, -0.25) is 19.5 Å². The number of hydrogen-bond donors (Lipinski definition) is 1. The number of aromatic nitrogens is 1. The van der Waals surface area contributed by atoms with Gasteiger partial charge >= 0.3 is 0 Å². The molecular formula is C23H30N4O3. The summed E-state index contributed by atoms with van der Waals surface area (Å²) in [6.45, 7) is 3.11. The first-order chi connectivity index (χ1) is 14.7. The van der Waals surface area contributed by atoms with E-state index < -0.39 is 0 Å². The van der Waals surface area contributed by atoms with E-state index in [0.717, 1.165) is 24.1 Å². The molecule has 1 aliphatic rings. The van der Waals surface area contributed by atoms with Crippen LogP contribution in [0, 0.1) is 0 Å². The maximum absolute atomic E-state index is 12.7. The van der Waals surface area contributed by atoms with Gasteiger partial charge in [-0.2, -0.15) is 0 Å². The molecule has 160 valence electrons. The van der Waals surface area contributed by atoms with E-state index in [0.29, 0.717) is 32.6 Å². The van der Waals surface area contributed by atoms with Crippen molar-refractivity contribution < 1.29 is 14.3 Å². The van der Waals surface area contributed by atoms with Crippen LogP contribution in [0.15, 0.2) is 54.9 Å². The lowest BCUT2D eigenvalue weighted by molar-refractivity contribution is -0.135. The summed E-state index contributed by atoms with van der Waals surface area (Å²) in [7, 11) is 1.52. The van der Waals surface area contributed by atoms with Crippen LogP contribution < -0.4 is 5.32 Å². The summed E-state index contributed by atoms with van der Waals surface area (Å²) in [5.41, 5.74) is 2.27. The molecule has 0 saturated carbocycles. The molecule has 1 atom stereocenters. The minimum absolute atomic E-state index is 0.00961. The Kier molecular flexibility index (Phi) is 8.35. The van der Waals surface area contributed by atoms with E-state index in [-0.39, 0.29) is 24.5 Å². The molecule has 0 bridgehead atoms. The van der Waals surface area contributed by atoms with Gasteiger partial charge in [0.15, 0.2) is 0 Å². The quantitative estimate of drug-likeness (QED) is 0.816. The summed E-state index contributed by atoms with van der Waals surface area (Å²) < 4.78 is 5.01. The number of nitrogens with zero attached hydrogens (tertiary/aromatic N) is 3. The van der Waals surface area contributed by atoms with Gasteiger partial charge in [-0.05, 0) is 29.7 Å². The third-order valence-electron chi connectivity index (χ3n) is 5.34. The molecule has 1 aliphatic heterocycles. The van der Waals surface area contributed by atoms with Crippen LogP contribution in [0.4, 0.5) is 0 Å². The fourth-order valence-electron chi connectivity index (χ4n) is 3.82. The topological polar surface area (TPSA) is 74.8 Å². The molecule has 7 nitrogen and oxygen atoms in total. The average molecular weight is 411 g/mol. The van der Waals surface area contributed by atoms with E-state index in [1.165, 1.54) is 7.11 Å². The van der Waals surface area contributed by atoms with E-state index >= 15 is 0 Å². The second-order valence-corrected chi connectivity index (χ2v) is 7.47. The molecule has 1 unspecified atom stereocenters. The smallest absolute Gasteiger partial charge is 0.248 e. The number of carbonyl (C=O) groups is 2. The number of amides is 2. The summed E-state index contributed by atoms with van der Waals surface area (Å²) in [5.74, 6) is -0.0593. The minimum Gasteiger partial charge on any atom is -0.375 e. The Labute approximate surface area is 178 Å². The lowest BCUT2D eigenvalue weighted by Gasteiger charge is -2.32. The Morgan fingerprint density at radius 1 is 1.13 bits per heavy atom. The number of carbonyl (C=O) groups excluding carboxylic acids is 2. The zero-order valence-electron chi connectivity index (χ0n) is 17.5. The predicted molar refractivity (Wildman–Crippen MR) is 115 cm³/mol. The molecule has 2 heterocycles. The third kappa shape index (κ3) is 6.37. The molecular weight excluding hydrogens is 380 g/mol. The molecule has 1 fully saturated rings. The molecule has 3 rings (SSSR count). The van der Waals surface area contributed by atoms with Crippen LogP contribution in [0.3, 0.4) is 0 Å². The van der Waals surface area contributed by atoms with Crippen molar-refractivity contribution in [1.82, 2.24) is 20.1 Å². The van der Waals surface area contributed by atoms with Crippen LogP contribution in [0.5, 0.6) is 0 Å². The van der Waals surface area contributed by atoms with E-state index in [1.54, 1.807) is 17.3 Å². The highest BCUT2D eigenvalue weighted by Crippen LogP contribution is 2.27.